The van der Waals surface area contributed by atoms with E-state index >= 15 is 0 Å². The van der Waals surface area contributed by atoms with Crippen LogP contribution in [0.25, 0.3) is 0 Å². The van der Waals surface area contributed by atoms with E-state index in [4.69, 9.17) is 0 Å². The Morgan fingerprint density at radius 3 is 2.29 bits per heavy atom. The minimum atomic E-state index is -4.35. The van der Waals surface area contributed by atoms with Crippen LogP contribution in [0.3, 0.4) is 0 Å². The second-order valence-corrected chi connectivity index (χ2v) is 4.20. The van der Waals surface area contributed by atoms with Crippen LogP contribution in [0.15, 0.2) is 18.2 Å². The molecule has 0 heterocycles. The summed E-state index contributed by atoms with van der Waals surface area (Å²) in [5, 5.41) is 12.2. The Morgan fingerprint density at radius 1 is 1.24 bits per heavy atom. The molecule has 0 aliphatic carbocycles. The van der Waals surface area contributed by atoms with Crippen molar-refractivity contribution in [1.82, 2.24) is 0 Å². The first-order valence-electron chi connectivity index (χ1n) is 5.34. The van der Waals surface area contributed by atoms with Crippen molar-refractivity contribution in [1.29, 1.82) is 0 Å². The molecule has 0 aliphatic rings. The molecule has 2 N–H and O–H groups in total. The lowest BCUT2D eigenvalue weighted by Crippen LogP contribution is -2.28. The van der Waals surface area contributed by atoms with Crippen molar-refractivity contribution in [2.75, 3.05) is 5.32 Å². The quantitative estimate of drug-likeness (QED) is 0.859. The zero-order valence-electron chi connectivity index (χ0n) is 9.97. The van der Waals surface area contributed by atoms with Crippen molar-refractivity contribution in [3.8, 4) is 0 Å². The third-order valence-electron chi connectivity index (χ3n) is 2.67. The third-order valence-corrected chi connectivity index (χ3v) is 2.67. The van der Waals surface area contributed by atoms with E-state index in [1.807, 2.05) is 0 Å². The van der Waals surface area contributed by atoms with Crippen molar-refractivity contribution in [3.63, 3.8) is 0 Å². The molecule has 1 rings (SSSR count). The van der Waals surface area contributed by atoms with Crippen molar-refractivity contribution in [3.05, 3.63) is 29.3 Å². The van der Waals surface area contributed by atoms with Gasteiger partial charge in [0, 0.05) is 11.7 Å². The molecule has 0 saturated carbocycles. The van der Waals surface area contributed by atoms with Crippen LogP contribution in [0, 0.1) is 6.92 Å². The molecule has 96 valence electrons. The summed E-state index contributed by atoms with van der Waals surface area (Å²) < 4.78 is 37.6. The van der Waals surface area contributed by atoms with E-state index in [0.29, 0.717) is 11.3 Å². The summed E-state index contributed by atoms with van der Waals surface area (Å²) in [6, 6.07) is 3.22. The van der Waals surface area contributed by atoms with Gasteiger partial charge in [0.2, 0.25) is 0 Å². The van der Waals surface area contributed by atoms with Gasteiger partial charge in [-0.25, -0.2) is 0 Å². The number of aliphatic hydroxyl groups is 1. The van der Waals surface area contributed by atoms with Crippen molar-refractivity contribution in [2.24, 2.45) is 0 Å². The highest BCUT2D eigenvalue weighted by molar-refractivity contribution is 5.53. The van der Waals surface area contributed by atoms with Gasteiger partial charge < -0.3 is 10.4 Å². The summed E-state index contributed by atoms with van der Waals surface area (Å²) >= 11 is 0. The molecule has 0 aliphatic heterocycles. The molecule has 1 aromatic carbocycles. The van der Waals surface area contributed by atoms with E-state index in [1.54, 1.807) is 20.8 Å². The minimum absolute atomic E-state index is 0.308. The molecule has 1 aromatic rings. The van der Waals surface area contributed by atoms with Gasteiger partial charge in [0.25, 0.3) is 0 Å². The maximum atomic E-state index is 12.5. The summed E-state index contributed by atoms with van der Waals surface area (Å²) in [5.74, 6) is 0. The normalized spacial score (nSPS) is 15.5. The Morgan fingerprint density at radius 2 is 1.82 bits per heavy atom. The topological polar surface area (TPSA) is 32.3 Å². The van der Waals surface area contributed by atoms with Crippen LogP contribution in [0.5, 0.6) is 0 Å². The lowest BCUT2D eigenvalue weighted by atomic mass is 10.1. The fourth-order valence-corrected chi connectivity index (χ4v) is 1.32. The molecule has 17 heavy (non-hydrogen) atoms. The zero-order chi connectivity index (χ0) is 13.2. The standard InChI is InChI=1S/C12H16F3NO/c1-7-4-5-10(12(13,14)15)6-11(7)16-8(2)9(3)17/h4-6,8-9,16-17H,1-3H3. The molecule has 0 saturated heterocycles. The van der Waals surface area contributed by atoms with E-state index < -0.39 is 17.8 Å². The second-order valence-electron chi connectivity index (χ2n) is 4.20. The first kappa shape index (κ1) is 13.8. The first-order chi connectivity index (χ1) is 7.71. The number of halogens is 3. The van der Waals surface area contributed by atoms with E-state index in [9.17, 15) is 18.3 Å². The Hall–Kier alpha value is -1.23. The smallest absolute Gasteiger partial charge is 0.391 e. The number of nitrogens with one attached hydrogen (secondary N) is 1. The SMILES string of the molecule is Cc1ccc(C(F)(F)F)cc1NC(C)C(C)O. The van der Waals surface area contributed by atoms with E-state index in [2.05, 4.69) is 5.32 Å². The van der Waals surface area contributed by atoms with Crippen LogP contribution in [0.2, 0.25) is 0 Å². The highest BCUT2D eigenvalue weighted by atomic mass is 19.4. The molecule has 0 bridgehead atoms. The number of aliphatic hydroxyl groups excluding tert-OH is 1. The maximum absolute atomic E-state index is 12.5. The van der Waals surface area contributed by atoms with E-state index in [0.717, 1.165) is 12.1 Å². The highest BCUT2D eigenvalue weighted by Gasteiger charge is 2.30. The number of hydrogen-bond acceptors (Lipinski definition) is 2. The fourth-order valence-electron chi connectivity index (χ4n) is 1.32. The summed E-state index contributed by atoms with van der Waals surface area (Å²) in [6.45, 7) is 5.02. The van der Waals surface area contributed by atoms with Gasteiger partial charge >= 0.3 is 6.18 Å². The number of alkyl halides is 3. The number of rotatable bonds is 3. The Labute approximate surface area is 98.5 Å². The number of anilines is 1. The number of benzene rings is 1. The summed E-state index contributed by atoms with van der Waals surface area (Å²) in [5.41, 5.74) is 0.419. The molecule has 0 spiro atoms. The lowest BCUT2D eigenvalue weighted by molar-refractivity contribution is -0.137. The first-order valence-corrected chi connectivity index (χ1v) is 5.34. The molecular formula is C12H16F3NO. The van der Waals surface area contributed by atoms with Crippen molar-refractivity contribution >= 4 is 5.69 Å². The van der Waals surface area contributed by atoms with Crippen LogP contribution < -0.4 is 5.32 Å². The molecule has 0 radical (unpaired) electrons. The van der Waals surface area contributed by atoms with E-state index in [1.165, 1.54) is 6.07 Å². The van der Waals surface area contributed by atoms with Crippen LogP contribution in [0.1, 0.15) is 25.0 Å². The summed E-state index contributed by atoms with van der Waals surface area (Å²) in [7, 11) is 0. The maximum Gasteiger partial charge on any atom is 0.416 e. The van der Waals surface area contributed by atoms with Crippen LogP contribution in [-0.2, 0) is 6.18 Å². The fraction of sp³-hybridized carbons (Fsp3) is 0.500. The zero-order valence-corrected chi connectivity index (χ0v) is 9.97. The Kier molecular flexibility index (Phi) is 4.03. The molecule has 5 heteroatoms. The minimum Gasteiger partial charge on any atom is -0.391 e. The molecule has 2 atom stereocenters. The molecular weight excluding hydrogens is 231 g/mol. The number of hydrogen-bond donors (Lipinski definition) is 2. The molecule has 0 fully saturated rings. The van der Waals surface area contributed by atoms with Gasteiger partial charge in [-0.05, 0) is 38.5 Å². The molecule has 0 aromatic heterocycles. The summed E-state index contributed by atoms with van der Waals surface area (Å²) in [4.78, 5) is 0. The highest BCUT2D eigenvalue weighted by Crippen LogP contribution is 2.32. The van der Waals surface area contributed by atoms with E-state index in [-0.39, 0.29) is 6.04 Å². The van der Waals surface area contributed by atoms with Gasteiger partial charge in [-0.2, -0.15) is 13.2 Å². The monoisotopic (exact) mass is 247 g/mol. The predicted molar refractivity (Wildman–Crippen MR) is 60.9 cm³/mol. The van der Waals surface area contributed by atoms with Crippen LogP contribution in [-0.4, -0.2) is 17.3 Å². The average molecular weight is 247 g/mol. The predicted octanol–water partition coefficient (Wildman–Crippen LogP) is 3.20. The van der Waals surface area contributed by atoms with Gasteiger partial charge in [0.1, 0.15) is 0 Å². The largest absolute Gasteiger partial charge is 0.416 e. The van der Waals surface area contributed by atoms with Gasteiger partial charge in [-0.3, -0.25) is 0 Å². The van der Waals surface area contributed by atoms with Gasteiger partial charge in [-0.15, -0.1) is 0 Å². The third kappa shape index (κ3) is 3.63. The Balaban J connectivity index is 2.99. The lowest BCUT2D eigenvalue weighted by Gasteiger charge is -2.20. The molecule has 2 unspecified atom stereocenters. The molecule has 0 amide bonds. The van der Waals surface area contributed by atoms with Crippen molar-refractivity contribution < 1.29 is 18.3 Å². The van der Waals surface area contributed by atoms with Gasteiger partial charge in [0.15, 0.2) is 0 Å². The van der Waals surface area contributed by atoms with Gasteiger partial charge in [-0.1, -0.05) is 6.07 Å². The van der Waals surface area contributed by atoms with Crippen LogP contribution in [0.4, 0.5) is 18.9 Å². The second kappa shape index (κ2) is 4.96. The average Bonchev–Trinajstić information content (AvgIpc) is 2.19. The van der Waals surface area contributed by atoms with Gasteiger partial charge in [0.05, 0.1) is 11.7 Å². The van der Waals surface area contributed by atoms with Crippen LogP contribution >= 0.6 is 0 Å². The summed E-state index contributed by atoms with van der Waals surface area (Å²) in [6.07, 6.45) is -4.98. The van der Waals surface area contributed by atoms with Crippen molar-refractivity contribution in [2.45, 2.75) is 39.1 Å². The molecule has 2 nitrogen and oxygen atoms in total. The Bertz CT molecular complexity index is 388. The number of aryl methyl sites for hydroxylation is 1.